The molecule has 0 bridgehead atoms. The van der Waals surface area contributed by atoms with Crippen molar-refractivity contribution in [2.45, 2.75) is 45.8 Å². The number of benzene rings is 2. The lowest BCUT2D eigenvalue weighted by atomic mass is 10.1. The van der Waals surface area contributed by atoms with E-state index < -0.39 is 6.10 Å². The van der Waals surface area contributed by atoms with Gasteiger partial charge in [0, 0.05) is 41.8 Å². The molecule has 1 heterocycles. The number of nitrogens with one attached hydrogen (secondary N) is 2. The average molecular weight is 396 g/mol. The second-order valence-corrected chi connectivity index (χ2v) is 7.45. The first-order valence-electron chi connectivity index (χ1n) is 10.2. The minimum Gasteiger partial charge on any atom is -0.369 e. The smallest absolute Gasteiger partial charge is 0.255 e. The van der Waals surface area contributed by atoms with Crippen molar-refractivity contribution in [1.29, 1.82) is 0 Å². The Morgan fingerprint density at radius 3 is 2.48 bits per heavy atom. The molecule has 1 fully saturated rings. The Hall–Kier alpha value is -2.86. The van der Waals surface area contributed by atoms with Crippen molar-refractivity contribution >= 4 is 28.9 Å². The van der Waals surface area contributed by atoms with E-state index >= 15 is 0 Å². The Morgan fingerprint density at radius 1 is 1.10 bits per heavy atom. The summed E-state index contributed by atoms with van der Waals surface area (Å²) in [6, 6.07) is 15.2. The zero-order valence-electron chi connectivity index (χ0n) is 17.3. The van der Waals surface area contributed by atoms with E-state index in [1.54, 1.807) is 24.3 Å². The topological polar surface area (TPSA) is 70.7 Å². The molecule has 154 valence electrons. The lowest BCUT2D eigenvalue weighted by molar-refractivity contribution is -0.124. The Morgan fingerprint density at radius 2 is 1.86 bits per heavy atom. The fourth-order valence-corrected chi connectivity index (χ4v) is 3.53. The molecule has 0 aromatic heterocycles. The van der Waals surface area contributed by atoms with Gasteiger partial charge < -0.3 is 20.3 Å². The van der Waals surface area contributed by atoms with E-state index in [0.717, 1.165) is 30.8 Å². The summed E-state index contributed by atoms with van der Waals surface area (Å²) in [5.74, 6) is -0.386. The van der Waals surface area contributed by atoms with Crippen LogP contribution in [0.1, 0.15) is 44.0 Å². The molecule has 1 aliphatic heterocycles. The first-order chi connectivity index (χ1) is 14.0. The summed E-state index contributed by atoms with van der Waals surface area (Å²) in [7, 11) is 0. The van der Waals surface area contributed by atoms with Crippen molar-refractivity contribution in [3.63, 3.8) is 0 Å². The summed E-state index contributed by atoms with van der Waals surface area (Å²) in [5, 5.41) is 5.74. The van der Waals surface area contributed by atoms with E-state index in [0.29, 0.717) is 23.9 Å². The molecule has 1 unspecified atom stereocenters. The maximum absolute atomic E-state index is 12.6. The van der Waals surface area contributed by atoms with Crippen LogP contribution < -0.4 is 15.5 Å². The van der Waals surface area contributed by atoms with Crippen molar-refractivity contribution in [1.82, 2.24) is 0 Å². The molecule has 0 aliphatic carbocycles. The molecule has 1 atom stereocenters. The van der Waals surface area contributed by atoms with Gasteiger partial charge in [-0.3, -0.25) is 9.59 Å². The average Bonchev–Trinajstić information content (AvgIpc) is 3.25. The number of ether oxygens (including phenoxy) is 1. The van der Waals surface area contributed by atoms with E-state index in [2.05, 4.69) is 36.3 Å². The molecule has 2 aromatic carbocycles. The normalized spacial score (nSPS) is 15.9. The fourth-order valence-electron chi connectivity index (χ4n) is 3.53. The van der Waals surface area contributed by atoms with Crippen molar-refractivity contribution in [3.05, 3.63) is 54.1 Å². The summed E-state index contributed by atoms with van der Waals surface area (Å²) < 4.78 is 5.40. The van der Waals surface area contributed by atoms with Crippen molar-refractivity contribution in [2.24, 2.45) is 0 Å². The van der Waals surface area contributed by atoms with Gasteiger partial charge in [-0.05, 0) is 76.1 Å². The predicted octanol–water partition coefficient (Wildman–Crippen LogP) is 4.29. The Balaban J connectivity index is 1.64. The maximum atomic E-state index is 12.6. The second-order valence-electron chi connectivity index (χ2n) is 7.45. The van der Waals surface area contributed by atoms with Crippen molar-refractivity contribution in [3.8, 4) is 0 Å². The first-order valence-corrected chi connectivity index (χ1v) is 10.2. The summed E-state index contributed by atoms with van der Waals surface area (Å²) in [5.41, 5.74) is 2.92. The van der Waals surface area contributed by atoms with Crippen LogP contribution >= 0.6 is 0 Å². The third-order valence-electron chi connectivity index (χ3n) is 5.04. The van der Waals surface area contributed by atoms with Gasteiger partial charge in [-0.25, -0.2) is 0 Å². The molecule has 6 nitrogen and oxygen atoms in total. The summed E-state index contributed by atoms with van der Waals surface area (Å²) in [6.45, 7) is 7.98. The number of anilines is 3. The Bertz CT molecular complexity index is 843. The standard InChI is InChI=1S/C23H29N3O3/c1-4-26(16(2)3)20-12-10-18(11-13-20)24-22(27)17-7-5-8-19(15-17)25-23(28)21-9-6-14-29-21/h5,7-8,10-13,15-16,21H,4,6,9,14H2,1-3H3,(H,24,27)(H,25,28). The molecular weight excluding hydrogens is 366 g/mol. The lowest BCUT2D eigenvalue weighted by Gasteiger charge is -2.27. The van der Waals surface area contributed by atoms with Crippen LogP contribution in [-0.2, 0) is 9.53 Å². The van der Waals surface area contributed by atoms with Crippen LogP contribution in [0.3, 0.4) is 0 Å². The minimum atomic E-state index is -0.403. The van der Waals surface area contributed by atoms with Gasteiger partial charge in [-0.15, -0.1) is 0 Å². The van der Waals surface area contributed by atoms with Gasteiger partial charge in [-0.2, -0.15) is 0 Å². The fraction of sp³-hybridized carbons (Fsp3) is 0.391. The molecular formula is C23H29N3O3. The highest BCUT2D eigenvalue weighted by Crippen LogP contribution is 2.21. The molecule has 3 rings (SSSR count). The zero-order chi connectivity index (χ0) is 20.8. The highest BCUT2D eigenvalue weighted by Gasteiger charge is 2.23. The van der Waals surface area contributed by atoms with Crippen LogP contribution in [0.5, 0.6) is 0 Å². The van der Waals surface area contributed by atoms with Crippen LogP contribution in [0.15, 0.2) is 48.5 Å². The third-order valence-corrected chi connectivity index (χ3v) is 5.04. The van der Waals surface area contributed by atoms with Crippen LogP contribution in [0, 0.1) is 0 Å². The second kappa shape index (κ2) is 9.56. The third kappa shape index (κ3) is 5.35. The predicted molar refractivity (Wildman–Crippen MR) is 117 cm³/mol. The van der Waals surface area contributed by atoms with Crippen molar-refractivity contribution in [2.75, 3.05) is 28.7 Å². The van der Waals surface area contributed by atoms with Crippen LogP contribution in [-0.4, -0.2) is 37.1 Å². The number of carbonyl (C=O) groups is 2. The van der Waals surface area contributed by atoms with Gasteiger partial charge in [0.05, 0.1) is 0 Å². The highest BCUT2D eigenvalue weighted by molar-refractivity contribution is 6.05. The van der Waals surface area contributed by atoms with E-state index in [-0.39, 0.29) is 11.8 Å². The number of rotatable bonds is 7. The van der Waals surface area contributed by atoms with E-state index in [9.17, 15) is 9.59 Å². The molecule has 29 heavy (non-hydrogen) atoms. The van der Waals surface area contributed by atoms with E-state index in [1.807, 2.05) is 24.3 Å². The molecule has 0 saturated carbocycles. The Kier molecular flexibility index (Phi) is 6.88. The molecule has 2 N–H and O–H groups in total. The maximum Gasteiger partial charge on any atom is 0.255 e. The van der Waals surface area contributed by atoms with Gasteiger partial charge in [0.2, 0.25) is 0 Å². The molecule has 0 spiro atoms. The summed E-state index contributed by atoms with van der Waals surface area (Å²) in [4.78, 5) is 27.1. The van der Waals surface area contributed by atoms with Crippen LogP contribution in [0.25, 0.3) is 0 Å². The van der Waals surface area contributed by atoms with Gasteiger partial charge >= 0.3 is 0 Å². The lowest BCUT2D eigenvalue weighted by Crippen LogP contribution is -2.30. The zero-order valence-corrected chi connectivity index (χ0v) is 17.3. The molecule has 6 heteroatoms. The van der Waals surface area contributed by atoms with Crippen LogP contribution in [0.2, 0.25) is 0 Å². The number of hydrogen-bond acceptors (Lipinski definition) is 4. The summed E-state index contributed by atoms with van der Waals surface area (Å²) in [6.07, 6.45) is 1.22. The monoisotopic (exact) mass is 395 g/mol. The SMILES string of the molecule is CCN(c1ccc(NC(=O)c2cccc(NC(=O)C3CCCO3)c2)cc1)C(C)C. The molecule has 1 aliphatic rings. The van der Waals surface area contributed by atoms with E-state index in [1.165, 1.54) is 0 Å². The summed E-state index contributed by atoms with van der Waals surface area (Å²) >= 11 is 0. The van der Waals surface area contributed by atoms with E-state index in [4.69, 9.17) is 4.74 Å². The number of carbonyl (C=O) groups excluding carboxylic acids is 2. The molecule has 2 aromatic rings. The Labute approximate surface area is 172 Å². The first kappa shape index (κ1) is 20.9. The molecule has 1 saturated heterocycles. The number of nitrogens with zero attached hydrogens (tertiary/aromatic N) is 1. The van der Waals surface area contributed by atoms with Gasteiger partial charge in [0.1, 0.15) is 6.10 Å². The molecule has 0 radical (unpaired) electrons. The number of amides is 2. The molecule has 2 amide bonds. The largest absolute Gasteiger partial charge is 0.369 e. The number of hydrogen-bond donors (Lipinski definition) is 2. The van der Waals surface area contributed by atoms with Gasteiger partial charge in [0.25, 0.3) is 11.8 Å². The van der Waals surface area contributed by atoms with Gasteiger partial charge in [0.15, 0.2) is 0 Å². The minimum absolute atomic E-state index is 0.165. The van der Waals surface area contributed by atoms with Crippen LogP contribution in [0.4, 0.5) is 17.1 Å². The van der Waals surface area contributed by atoms with Crippen molar-refractivity contribution < 1.29 is 14.3 Å². The van der Waals surface area contributed by atoms with Gasteiger partial charge in [-0.1, -0.05) is 6.07 Å². The quantitative estimate of drug-likeness (QED) is 0.734. The highest BCUT2D eigenvalue weighted by atomic mass is 16.5.